The van der Waals surface area contributed by atoms with Gasteiger partial charge in [-0.15, -0.1) is 10.2 Å². The Morgan fingerprint density at radius 3 is 2.70 bits per heavy atom. The molecule has 0 spiro atoms. The highest BCUT2D eigenvalue weighted by Gasteiger charge is 2.11. The maximum atomic E-state index is 11.8. The molecule has 0 radical (unpaired) electrons. The van der Waals surface area contributed by atoms with Crippen LogP contribution in [0, 0.1) is 0 Å². The SMILES string of the molecule is CCOC(=O)Nc1nnc(SCCC(=O)NC(=O)NCc2ccccc2)s1. The third-order valence-electron chi connectivity index (χ3n) is 2.99. The monoisotopic (exact) mass is 409 g/mol. The maximum absolute atomic E-state index is 11.8. The summed E-state index contributed by atoms with van der Waals surface area (Å²) in [5, 5.41) is 15.4. The zero-order chi connectivity index (χ0) is 19.5. The van der Waals surface area contributed by atoms with E-state index in [-0.39, 0.29) is 18.9 Å². The number of amides is 4. The van der Waals surface area contributed by atoms with E-state index in [1.165, 1.54) is 23.1 Å². The van der Waals surface area contributed by atoms with Gasteiger partial charge in [-0.1, -0.05) is 53.4 Å². The fourth-order valence-electron chi connectivity index (χ4n) is 1.82. The van der Waals surface area contributed by atoms with Gasteiger partial charge in [0.25, 0.3) is 0 Å². The lowest BCUT2D eigenvalue weighted by atomic mass is 10.2. The fraction of sp³-hybridized carbons (Fsp3) is 0.312. The van der Waals surface area contributed by atoms with E-state index < -0.39 is 12.1 Å². The Morgan fingerprint density at radius 1 is 1.19 bits per heavy atom. The van der Waals surface area contributed by atoms with E-state index in [9.17, 15) is 14.4 Å². The average Bonchev–Trinajstić information content (AvgIpc) is 3.08. The van der Waals surface area contributed by atoms with Gasteiger partial charge in [-0.2, -0.15) is 0 Å². The van der Waals surface area contributed by atoms with Crippen LogP contribution in [-0.2, 0) is 16.1 Å². The highest BCUT2D eigenvalue weighted by Crippen LogP contribution is 2.25. The van der Waals surface area contributed by atoms with Gasteiger partial charge in [0.05, 0.1) is 6.61 Å². The molecule has 0 fully saturated rings. The average molecular weight is 409 g/mol. The molecule has 2 rings (SSSR count). The first kappa shape index (κ1) is 20.6. The second-order valence-electron chi connectivity index (χ2n) is 5.03. The van der Waals surface area contributed by atoms with E-state index in [1.807, 2.05) is 30.3 Å². The molecule has 9 nitrogen and oxygen atoms in total. The third-order valence-corrected chi connectivity index (χ3v) is 4.97. The van der Waals surface area contributed by atoms with Gasteiger partial charge in [-0.25, -0.2) is 9.59 Å². The van der Waals surface area contributed by atoms with Crippen molar-refractivity contribution in [1.82, 2.24) is 20.8 Å². The number of thioether (sulfide) groups is 1. The number of carbonyl (C=O) groups is 3. The molecule has 0 saturated carbocycles. The molecule has 11 heteroatoms. The molecule has 1 heterocycles. The fourth-order valence-corrected chi connectivity index (χ4v) is 3.56. The maximum Gasteiger partial charge on any atom is 0.413 e. The molecule has 0 saturated heterocycles. The summed E-state index contributed by atoms with van der Waals surface area (Å²) in [6.07, 6.45) is -0.449. The van der Waals surface area contributed by atoms with E-state index in [0.717, 1.165) is 5.56 Å². The molecular formula is C16H19N5O4S2. The number of carbonyl (C=O) groups excluding carboxylic acids is 3. The molecule has 4 amide bonds. The molecule has 144 valence electrons. The van der Waals surface area contributed by atoms with Gasteiger partial charge in [-0.05, 0) is 12.5 Å². The van der Waals surface area contributed by atoms with E-state index in [0.29, 0.717) is 21.8 Å². The van der Waals surface area contributed by atoms with Crippen molar-refractivity contribution in [3.8, 4) is 0 Å². The van der Waals surface area contributed by atoms with Gasteiger partial charge in [-0.3, -0.25) is 15.4 Å². The lowest BCUT2D eigenvalue weighted by Gasteiger charge is -2.06. The van der Waals surface area contributed by atoms with Crippen molar-refractivity contribution in [3.63, 3.8) is 0 Å². The lowest BCUT2D eigenvalue weighted by molar-refractivity contribution is -0.119. The first-order chi connectivity index (χ1) is 13.1. The van der Waals surface area contributed by atoms with Crippen molar-refractivity contribution in [1.29, 1.82) is 0 Å². The number of nitrogens with zero attached hydrogens (tertiary/aromatic N) is 2. The molecule has 0 aliphatic carbocycles. The summed E-state index contributed by atoms with van der Waals surface area (Å²) in [5.41, 5.74) is 0.944. The topological polar surface area (TPSA) is 122 Å². The molecule has 0 atom stereocenters. The van der Waals surface area contributed by atoms with Gasteiger partial charge < -0.3 is 10.1 Å². The van der Waals surface area contributed by atoms with E-state index in [1.54, 1.807) is 6.92 Å². The van der Waals surface area contributed by atoms with Crippen LogP contribution in [-0.4, -0.2) is 40.6 Å². The summed E-state index contributed by atoms with van der Waals surface area (Å²) < 4.78 is 5.34. The highest BCUT2D eigenvalue weighted by molar-refractivity contribution is 8.01. The Kier molecular flexibility index (Phi) is 8.52. The second kappa shape index (κ2) is 11.1. The number of nitrogens with one attached hydrogen (secondary N) is 3. The van der Waals surface area contributed by atoms with Crippen LogP contribution in [0.15, 0.2) is 34.7 Å². The summed E-state index contributed by atoms with van der Waals surface area (Å²) in [6, 6.07) is 8.86. The summed E-state index contributed by atoms with van der Waals surface area (Å²) in [7, 11) is 0. The molecule has 1 aromatic carbocycles. The molecule has 0 aliphatic rings. The molecule has 0 bridgehead atoms. The molecular weight excluding hydrogens is 390 g/mol. The number of imide groups is 1. The van der Waals surface area contributed by atoms with E-state index >= 15 is 0 Å². The van der Waals surface area contributed by atoms with Crippen molar-refractivity contribution < 1.29 is 19.1 Å². The van der Waals surface area contributed by atoms with Crippen LogP contribution >= 0.6 is 23.1 Å². The molecule has 27 heavy (non-hydrogen) atoms. The third kappa shape index (κ3) is 8.05. The van der Waals surface area contributed by atoms with Gasteiger partial charge in [0.1, 0.15) is 0 Å². The van der Waals surface area contributed by atoms with Gasteiger partial charge in [0.2, 0.25) is 11.0 Å². The standard InChI is InChI=1S/C16H19N5O4S2/c1-2-25-15(24)19-14-20-21-16(27-14)26-9-8-12(22)18-13(23)17-10-11-6-4-3-5-7-11/h3-7H,2,8-10H2,1H3,(H,19,20,24)(H2,17,18,22,23). The second-order valence-corrected chi connectivity index (χ2v) is 7.35. The van der Waals surface area contributed by atoms with Crippen molar-refractivity contribution >= 4 is 46.3 Å². The first-order valence-corrected chi connectivity index (χ1v) is 9.88. The van der Waals surface area contributed by atoms with Gasteiger partial charge in [0, 0.05) is 18.7 Å². The van der Waals surface area contributed by atoms with Crippen molar-refractivity contribution in [2.75, 3.05) is 17.7 Å². The van der Waals surface area contributed by atoms with E-state index in [4.69, 9.17) is 4.74 Å². The van der Waals surface area contributed by atoms with Crippen molar-refractivity contribution in [3.05, 3.63) is 35.9 Å². The minimum Gasteiger partial charge on any atom is -0.450 e. The zero-order valence-electron chi connectivity index (χ0n) is 14.6. The van der Waals surface area contributed by atoms with Crippen molar-refractivity contribution in [2.24, 2.45) is 0 Å². The van der Waals surface area contributed by atoms with Crippen LogP contribution < -0.4 is 16.0 Å². The number of benzene rings is 1. The van der Waals surface area contributed by atoms with Crippen LogP contribution in [0.4, 0.5) is 14.7 Å². The van der Waals surface area contributed by atoms with Crippen LogP contribution in [0.2, 0.25) is 0 Å². The van der Waals surface area contributed by atoms with Gasteiger partial charge >= 0.3 is 12.1 Å². The number of aromatic nitrogens is 2. The predicted octanol–water partition coefficient (Wildman–Crippen LogP) is 2.61. The quantitative estimate of drug-likeness (QED) is 0.452. The van der Waals surface area contributed by atoms with Crippen LogP contribution in [0.3, 0.4) is 0 Å². The zero-order valence-corrected chi connectivity index (χ0v) is 16.2. The number of urea groups is 1. The lowest BCUT2D eigenvalue weighted by Crippen LogP contribution is -2.39. The smallest absolute Gasteiger partial charge is 0.413 e. The van der Waals surface area contributed by atoms with Gasteiger partial charge in [0.15, 0.2) is 4.34 Å². The molecule has 1 aromatic heterocycles. The number of rotatable bonds is 8. The summed E-state index contributed by atoms with van der Waals surface area (Å²) in [5.74, 6) is 0.0358. The Hall–Kier alpha value is -2.66. The number of anilines is 1. The van der Waals surface area contributed by atoms with Crippen LogP contribution in [0.1, 0.15) is 18.9 Å². The van der Waals surface area contributed by atoms with Crippen molar-refractivity contribution in [2.45, 2.75) is 24.2 Å². The minimum atomic E-state index is -0.592. The molecule has 3 N–H and O–H groups in total. The summed E-state index contributed by atoms with van der Waals surface area (Å²) in [4.78, 5) is 34.8. The normalized spacial score (nSPS) is 10.1. The predicted molar refractivity (Wildman–Crippen MR) is 103 cm³/mol. The van der Waals surface area contributed by atoms with Crippen LogP contribution in [0.25, 0.3) is 0 Å². The molecule has 0 unspecified atom stereocenters. The largest absolute Gasteiger partial charge is 0.450 e. The Labute approximate surface area is 164 Å². The Morgan fingerprint density at radius 2 is 1.96 bits per heavy atom. The van der Waals surface area contributed by atoms with Crippen LogP contribution in [0.5, 0.6) is 0 Å². The molecule has 2 aromatic rings. The molecule has 0 aliphatic heterocycles. The summed E-state index contributed by atoms with van der Waals surface area (Å²) in [6.45, 7) is 2.31. The Balaban J connectivity index is 1.63. The number of ether oxygens (including phenoxy) is 1. The van der Waals surface area contributed by atoms with E-state index in [2.05, 4.69) is 26.1 Å². The highest BCUT2D eigenvalue weighted by atomic mass is 32.2. The number of hydrogen-bond donors (Lipinski definition) is 3. The number of hydrogen-bond acceptors (Lipinski definition) is 8. The summed E-state index contributed by atoms with van der Waals surface area (Å²) >= 11 is 2.48. The first-order valence-electron chi connectivity index (χ1n) is 8.08. The Bertz CT molecular complexity index is 769. The minimum absolute atomic E-state index is 0.143.